The minimum absolute atomic E-state index is 0.396. The second kappa shape index (κ2) is 6.46. The molecule has 1 unspecified atom stereocenters. The van der Waals surface area contributed by atoms with Crippen molar-refractivity contribution in [2.24, 2.45) is 5.84 Å². The van der Waals surface area contributed by atoms with Gasteiger partial charge >= 0.3 is 0 Å². The number of hydrogen-bond donors (Lipinski definition) is 2. The highest BCUT2D eigenvalue weighted by molar-refractivity contribution is 7.98. The molecule has 0 amide bonds. The van der Waals surface area contributed by atoms with Gasteiger partial charge in [0.1, 0.15) is 0 Å². The zero-order valence-corrected chi connectivity index (χ0v) is 9.20. The van der Waals surface area contributed by atoms with E-state index >= 15 is 0 Å². The first-order valence-electron chi connectivity index (χ1n) is 5.02. The van der Waals surface area contributed by atoms with Crippen LogP contribution in [0.4, 0.5) is 0 Å². The van der Waals surface area contributed by atoms with E-state index in [2.05, 4.69) is 17.8 Å². The van der Waals surface area contributed by atoms with Crippen molar-refractivity contribution in [2.45, 2.75) is 38.1 Å². The quantitative estimate of drug-likeness (QED) is 0.414. The van der Waals surface area contributed by atoms with Crippen molar-refractivity contribution in [1.29, 1.82) is 0 Å². The van der Waals surface area contributed by atoms with Crippen LogP contribution in [0.1, 0.15) is 32.1 Å². The SMILES string of the molecule is CSCC(NN)C1=CCCCCC1. The molecule has 0 saturated heterocycles. The van der Waals surface area contributed by atoms with E-state index in [0.29, 0.717) is 6.04 Å². The van der Waals surface area contributed by atoms with Crippen molar-refractivity contribution in [2.75, 3.05) is 12.0 Å². The Balaban J connectivity index is 2.49. The van der Waals surface area contributed by atoms with Crippen molar-refractivity contribution >= 4 is 11.8 Å². The molecule has 3 heteroatoms. The molecule has 0 radical (unpaired) electrons. The summed E-state index contributed by atoms with van der Waals surface area (Å²) in [6, 6.07) is 0.396. The molecule has 0 aliphatic heterocycles. The average Bonchev–Trinajstić information content (AvgIpc) is 2.42. The molecule has 0 fully saturated rings. The summed E-state index contributed by atoms with van der Waals surface area (Å²) in [6.07, 6.45) is 11.0. The van der Waals surface area contributed by atoms with E-state index in [1.54, 1.807) is 0 Å². The Morgan fingerprint density at radius 2 is 2.38 bits per heavy atom. The van der Waals surface area contributed by atoms with Gasteiger partial charge in [-0.3, -0.25) is 11.3 Å². The molecular weight excluding hydrogens is 180 g/mol. The molecular formula is C10H20N2S. The van der Waals surface area contributed by atoms with Gasteiger partial charge in [-0.2, -0.15) is 11.8 Å². The van der Waals surface area contributed by atoms with Gasteiger partial charge in [0.15, 0.2) is 0 Å². The van der Waals surface area contributed by atoms with Crippen LogP contribution in [0.3, 0.4) is 0 Å². The molecule has 0 aromatic carbocycles. The van der Waals surface area contributed by atoms with Crippen LogP contribution in [-0.2, 0) is 0 Å². The van der Waals surface area contributed by atoms with E-state index in [-0.39, 0.29) is 0 Å². The fourth-order valence-electron chi connectivity index (χ4n) is 1.79. The van der Waals surface area contributed by atoms with Crippen LogP contribution in [0, 0.1) is 0 Å². The van der Waals surface area contributed by atoms with E-state index in [4.69, 9.17) is 5.84 Å². The summed E-state index contributed by atoms with van der Waals surface area (Å²) in [7, 11) is 0. The minimum atomic E-state index is 0.396. The number of thioether (sulfide) groups is 1. The van der Waals surface area contributed by atoms with Crippen LogP contribution in [0.15, 0.2) is 11.6 Å². The summed E-state index contributed by atoms with van der Waals surface area (Å²) in [5, 5.41) is 0. The first-order chi connectivity index (χ1) is 6.38. The number of hydrazine groups is 1. The van der Waals surface area contributed by atoms with E-state index in [9.17, 15) is 0 Å². The summed E-state index contributed by atoms with van der Waals surface area (Å²) in [4.78, 5) is 0. The van der Waals surface area contributed by atoms with Crippen molar-refractivity contribution in [1.82, 2.24) is 5.43 Å². The van der Waals surface area contributed by atoms with Crippen molar-refractivity contribution in [3.8, 4) is 0 Å². The Bertz CT molecular complexity index is 168. The Labute approximate surface area is 85.3 Å². The monoisotopic (exact) mass is 200 g/mol. The molecule has 3 N–H and O–H groups in total. The third-order valence-electron chi connectivity index (χ3n) is 2.56. The molecule has 0 aromatic rings. The average molecular weight is 200 g/mol. The predicted octanol–water partition coefficient (Wildman–Crippen LogP) is 2.07. The van der Waals surface area contributed by atoms with E-state index in [1.807, 2.05) is 11.8 Å². The molecule has 13 heavy (non-hydrogen) atoms. The van der Waals surface area contributed by atoms with Gasteiger partial charge in [0, 0.05) is 5.75 Å². The lowest BCUT2D eigenvalue weighted by molar-refractivity contribution is 0.612. The Hall–Kier alpha value is 0.0100. The van der Waals surface area contributed by atoms with Gasteiger partial charge in [-0.1, -0.05) is 18.1 Å². The molecule has 1 rings (SSSR count). The summed E-state index contributed by atoms with van der Waals surface area (Å²) in [5.41, 5.74) is 4.43. The molecule has 1 aliphatic carbocycles. The predicted molar refractivity (Wildman–Crippen MR) is 60.7 cm³/mol. The topological polar surface area (TPSA) is 38.0 Å². The summed E-state index contributed by atoms with van der Waals surface area (Å²) in [5.74, 6) is 6.62. The first-order valence-corrected chi connectivity index (χ1v) is 6.42. The molecule has 0 saturated carbocycles. The number of allylic oxidation sites excluding steroid dienone is 1. The molecule has 0 spiro atoms. The van der Waals surface area contributed by atoms with Crippen molar-refractivity contribution in [3.05, 3.63) is 11.6 Å². The Morgan fingerprint density at radius 1 is 1.54 bits per heavy atom. The fourth-order valence-corrected chi connectivity index (χ4v) is 2.43. The lowest BCUT2D eigenvalue weighted by Crippen LogP contribution is -2.38. The summed E-state index contributed by atoms with van der Waals surface area (Å²) in [6.45, 7) is 0. The maximum absolute atomic E-state index is 5.54. The fraction of sp³-hybridized carbons (Fsp3) is 0.800. The van der Waals surface area contributed by atoms with Gasteiger partial charge < -0.3 is 0 Å². The van der Waals surface area contributed by atoms with Crippen LogP contribution in [0.5, 0.6) is 0 Å². The van der Waals surface area contributed by atoms with E-state index in [1.165, 1.54) is 37.7 Å². The second-order valence-corrected chi connectivity index (χ2v) is 4.46. The van der Waals surface area contributed by atoms with Crippen LogP contribution < -0.4 is 11.3 Å². The van der Waals surface area contributed by atoms with Crippen molar-refractivity contribution in [3.63, 3.8) is 0 Å². The Kier molecular flexibility index (Phi) is 5.51. The molecule has 1 aliphatic rings. The van der Waals surface area contributed by atoms with Crippen LogP contribution in [0.2, 0.25) is 0 Å². The lowest BCUT2D eigenvalue weighted by atomic mass is 10.0. The second-order valence-electron chi connectivity index (χ2n) is 3.55. The third kappa shape index (κ3) is 3.71. The van der Waals surface area contributed by atoms with Crippen molar-refractivity contribution < 1.29 is 0 Å². The normalized spacial score (nSPS) is 20.6. The number of nitrogens with one attached hydrogen (secondary N) is 1. The standard InChI is InChI=1S/C10H20N2S/c1-13-8-10(12-11)9-6-4-2-3-5-7-9/h6,10,12H,2-5,7-8,11H2,1H3. The smallest absolute Gasteiger partial charge is 0.0510 e. The molecule has 0 aromatic heterocycles. The van der Waals surface area contributed by atoms with Gasteiger partial charge in [-0.25, -0.2) is 0 Å². The van der Waals surface area contributed by atoms with Gasteiger partial charge in [-0.05, 0) is 31.9 Å². The summed E-state index contributed by atoms with van der Waals surface area (Å²) >= 11 is 1.85. The molecule has 1 atom stereocenters. The van der Waals surface area contributed by atoms with E-state index < -0.39 is 0 Å². The van der Waals surface area contributed by atoms with Crippen LogP contribution in [0.25, 0.3) is 0 Å². The molecule has 0 bridgehead atoms. The maximum Gasteiger partial charge on any atom is 0.0510 e. The van der Waals surface area contributed by atoms with Crippen LogP contribution in [-0.4, -0.2) is 18.1 Å². The zero-order chi connectivity index (χ0) is 9.52. The summed E-state index contributed by atoms with van der Waals surface area (Å²) < 4.78 is 0. The van der Waals surface area contributed by atoms with E-state index in [0.717, 1.165) is 5.75 Å². The molecule has 2 nitrogen and oxygen atoms in total. The number of rotatable bonds is 4. The van der Waals surface area contributed by atoms with Crippen LogP contribution >= 0.6 is 11.8 Å². The molecule has 76 valence electrons. The van der Waals surface area contributed by atoms with Gasteiger partial charge in [-0.15, -0.1) is 0 Å². The highest BCUT2D eigenvalue weighted by Gasteiger charge is 2.12. The van der Waals surface area contributed by atoms with Gasteiger partial charge in [0.05, 0.1) is 6.04 Å². The first kappa shape index (κ1) is 11.1. The number of hydrogen-bond acceptors (Lipinski definition) is 3. The molecule has 0 heterocycles. The van der Waals surface area contributed by atoms with Gasteiger partial charge in [0.2, 0.25) is 0 Å². The maximum atomic E-state index is 5.54. The zero-order valence-electron chi connectivity index (χ0n) is 8.38. The number of nitrogens with two attached hydrogens (primary N) is 1. The minimum Gasteiger partial charge on any atom is -0.271 e. The van der Waals surface area contributed by atoms with Gasteiger partial charge in [0.25, 0.3) is 0 Å². The largest absolute Gasteiger partial charge is 0.271 e. The highest BCUT2D eigenvalue weighted by atomic mass is 32.2. The Morgan fingerprint density at radius 3 is 3.08 bits per heavy atom. The lowest BCUT2D eigenvalue weighted by Gasteiger charge is -2.17. The third-order valence-corrected chi connectivity index (χ3v) is 3.22. The highest BCUT2D eigenvalue weighted by Crippen LogP contribution is 2.20.